The quantitative estimate of drug-likeness (QED) is 0.923. The third-order valence-electron chi connectivity index (χ3n) is 3.85. The maximum atomic E-state index is 4.47. The summed E-state index contributed by atoms with van der Waals surface area (Å²) in [7, 11) is 1.89. The zero-order valence-corrected chi connectivity index (χ0v) is 12.2. The first-order valence-corrected chi connectivity index (χ1v) is 7.36. The van der Waals surface area contributed by atoms with Crippen LogP contribution in [0.25, 0.3) is 0 Å². The third-order valence-corrected chi connectivity index (χ3v) is 3.85. The Kier molecular flexibility index (Phi) is 4.23. The number of hydrogen-bond acceptors (Lipinski definition) is 6. The minimum atomic E-state index is 0.561. The highest BCUT2D eigenvalue weighted by atomic mass is 15.2. The van der Waals surface area contributed by atoms with E-state index in [0.29, 0.717) is 5.92 Å². The summed E-state index contributed by atoms with van der Waals surface area (Å²) in [5.41, 5.74) is 1.04. The van der Waals surface area contributed by atoms with Crippen molar-refractivity contribution in [2.45, 2.75) is 19.3 Å². The van der Waals surface area contributed by atoms with Crippen LogP contribution in [-0.2, 0) is 6.42 Å². The summed E-state index contributed by atoms with van der Waals surface area (Å²) >= 11 is 0. The topological polar surface area (TPSA) is 66.8 Å². The Morgan fingerprint density at radius 1 is 1.14 bits per heavy atom. The lowest BCUT2D eigenvalue weighted by Crippen LogP contribution is -2.37. The van der Waals surface area contributed by atoms with Crippen molar-refractivity contribution in [3.8, 4) is 0 Å². The first kappa shape index (κ1) is 13.7. The number of nitrogens with one attached hydrogen (secondary N) is 1. The molecule has 6 heteroatoms. The molecule has 0 aliphatic carbocycles. The molecule has 1 saturated heterocycles. The van der Waals surface area contributed by atoms with Gasteiger partial charge in [-0.1, -0.05) is 0 Å². The van der Waals surface area contributed by atoms with Crippen molar-refractivity contribution in [3.63, 3.8) is 0 Å². The van der Waals surface area contributed by atoms with Gasteiger partial charge in [-0.15, -0.1) is 0 Å². The van der Waals surface area contributed by atoms with Crippen molar-refractivity contribution >= 4 is 11.8 Å². The minimum Gasteiger partial charge on any atom is -0.372 e. The largest absolute Gasteiger partial charge is 0.372 e. The zero-order chi connectivity index (χ0) is 14.5. The molecule has 0 amide bonds. The maximum Gasteiger partial charge on any atom is 0.225 e. The monoisotopic (exact) mass is 284 g/mol. The van der Waals surface area contributed by atoms with Crippen LogP contribution in [0.1, 0.15) is 18.5 Å². The molecule has 0 spiro atoms. The fraction of sp³-hybridized carbons (Fsp3) is 0.467. The molecule has 1 fully saturated rings. The standard InChI is InChI=1S/C15H20N6/c1-16-14-13(17-7-8-18-14)10-12-4-2-9-21(11-12)15-19-5-3-6-20-15/h3,5-8,12H,2,4,9-11H2,1H3,(H,16,18). The van der Waals surface area contributed by atoms with Crippen LogP contribution < -0.4 is 10.2 Å². The summed E-state index contributed by atoms with van der Waals surface area (Å²) in [6.45, 7) is 2.00. The Bertz CT molecular complexity index is 573. The van der Waals surface area contributed by atoms with Crippen molar-refractivity contribution in [2.24, 2.45) is 5.92 Å². The highest BCUT2D eigenvalue weighted by molar-refractivity contribution is 5.39. The van der Waals surface area contributed by atoms with Crippen LogP contribution in [0.15, 0.2) is 30.9 Å². The number of aromatic nitrogens is 4. The summed E-state index contributed by atoms with van der Waals surface area (Å²) < 4.78 is 0. The molecule has 1 unspecified atom stereocenters. The molecular formula is C15H20N6. The van der Waals surface area contributed by atoms with Crippen molar-refractivity contribution in [2.75, 3.05) is 30.4 Å². The van der Waals surface area contributed by atoms with E-state index < -0.39 is 0 Å². The third kappa shape index (κ3) is 3.26. The van der Waals surface area contributed by atoms with E-state index >= 15 is 0 Å². The van der Waals surface area contributed by atoms with Gasteiger partial charge in [-0.25, -0.2) is 15.0 Å². The second-order valence-corrected chi connectivity index (χ2v) is 5.31. The molecule has 2 aromatic rings. The Labute approximate surface area is 124 Å². The zero-order valence-electron chi connectivity index (χ0n) is 12.2. The molecule has 6 nitrogen and oxygen atoms in total. The van der Waals surface area contributed by atoms with E-state index in [1.807, 2.05) is 13.1 Å². The summed E-state index contributed by atoms with van der Waals surface area (Å²) in [6, 6.07) is 1.85. The van der Waals surface area contributed by atoms with Crippen LogP contribution in [0.5, 0.6) is 0 Å². The molecule has 21 heavy (non-hydrogen) atoms. The fourth-order valence-corrected chi connectivity index (χ4v) is 2.87. The van der Waals surface area contributed by atoms with Gasteiger partial charge in [0.15, 0.2) is 0 Å². The Morgan fingerprint density at radius 2 is 1.95 bits per heavy atom. The predicted molar refractivity (Wildman–Crippen MR) is 82.3 cm³/mol. The van der Waals surface area contributed by atoms with Crippen LogP contribution in [0, 0.1) is 5.92 Å². The van der Waals surface area contributed by atoms with Crippen LogP contribution in [0.3, 0.4) is 0 Å². The average molecular weight is 284 g/mol. The van der Waals surface area contributed by atoms with E-state index in [1.165, 1.54) is 6.42 Å². The van der Waals surface area contributed by atoms with E-state index in [1.54, 1.807) is 24.8 Å². The molecule has 3 heterocycles. The van der Waals surface area contributed by atoms with E-state index in [-0.39, 0.29) is 0 Å². The van der Waals surface area contributed by atoms with E-state index in [4.69, 9.17) is 0 Å². The van der Waals surface area contributed by atoms with Gasteiger partial charge < -0.3 is 10.2 Å². The molecule has 1 aliphatic heterocycles. The van der Waals surface area contributed by atoms with Gasteiger partial charge in [-0.05, 0) is 31.2 Å². The highest BCUT2D eigenvalue weighted by Crippen LogP contribution is 2.24. The van der Waals surface area contributed by atoms with Gasteiger partial charge >= 0.3 is 0 Å². The van der Waals surface area contributed by atoms with E-state index in [2.05, 4.69) is 30.2 Å². The molecule has 0 saturated carbocycles. The predicted octanol–water partition coefficient (Wildman–Crippen LogP) is 1.77. The number of rotatable bonds is 4. The molecule has 1 N–H and O–H groups in total. The molecule has 1 atom stereocenters. The highest BCUT2D eigenvalue weighted by Gasteiger charge is 2.23. The normalized spacial score (nSPS) is 18.5. The van der Waals surface area contributed by atoms with Crippen molar-refractivity contribution in [3.05, 3.63) is 36.5 Å². The summed E-state index contributed by atoms with van der Waals surface area (Å²) in [5.74, 6) is 2.27. The minimum absolute atomic E-state index is 0.561. The Morgan fingerprint density at radius 3 is 2.76 bits per heavy atom. The summed E-state index contributed by atoms with van der Waals surface area (Å²) in [5, 5.41) is 3.12. The van der Waals surface area contributed by atoms with Gasteiger partial charge in [-0.3, -0.25) is 4.98 Å². The van der Waals surface area contributed by atoms with Crippen LogP contribution in [0.2, 0.25) is 0 Å². The van der Waals surface area contributed by atoms with Gasteiger partial charge in [0.05, 0.1) is 5.69 Å². The molecule has 1 aliphatic rings. The average Bonchev–Trinajstić information content (AvgIpc) is 2.56. The van der Waals surface area contributed by atoms with Crippen LogP contribution in [-0.4, -0.2) is 40.1 Å². The number of hydrogen-bond donors (Lipinski definition) is 1. The van der Waals surface area contributed by atoms with Gasteiger partial charge in [0, 0.05) is 44.9 Å². The second-order valence-electron chi connectivity index (χ2n) is 5.31. The first-order chi connectivity index (χ1) is 10.4. The summed E-state index contributed by atoms with van der Waals surface area (Å²) in [4.78, 5) is 19.8. The lowest BCUT2D eigenvalue weighted by molar-refractivity contribution is 0.406. The van der Waals surface area contributed by atoms with Crippen LogP contribution in [0.4, 0.5) is 11.8 Å². The first-order valence-electron chi connectivity index (χ1n) is 7.36. The SMILES string of the molecule is CNc1nccnc1CC1CCCN(c2ncccn2)C1. The fourth-order valence-electron chi connectivity index (χ4n) is 2.87. The maximum absolute atomic E-state index is 4.47. The van der Waals surface area contributed by atoms with Gasteiger partial charge in [0.25, 0.3) is 0 Å². The van der Waals surface area contributed by atoms with Crippen molar-refractivity contribution in [1.29, 1.82) is 0 Å². The van der Waals surface area contributed by atoms with Gasteiger partial charge in [0.1, 0.15) is 5.82 Å². The van der Waals surface area contributed by atoms with E-state index in [0.717, 1.165) is 43.4 Å². The molecule has 2 aromatic heterocycles. The number of piperidine rings is 1. The molecule has 0 radical (unpaired) electrons. The number of nitrogens with zero attached hydrogens (tertiary/aromatic N) is 5. The van der Waals surface area contributed by atoms with Crippen molar-refractivity contribution < 1.29 is 0 Å². The van der Waals surface area contributed by atoms with E-state index in [9.17, 15) is 0 Å². The van der Waals surface area contributed by atoms with Crippen molar-refractivity contribution in [1.82, 2.24) is 19.9 Å². The molecular weight excluding hydrogens is 264 g/mol. The summed E-state index contributed by atoms with van der Waals surface area (Å²) in [6.07, 6.45) is 10.4. The number of anilines is 2. The molecule has 0 bridgehead atoms. The lowest BCUT2D eigenvalue weighted by Gasteiger charge is -2.32. The Hall–Kier alpha value is -2.24. The molecule has 110 valence electrons. The van der Waals surface area contributed by atoms with Gasteiger partial charge in [0.2, 0.25) is 5.95 Å². The molecule has 3 rings (SSSR count). The lowest BCUT2D eigenvalue weighted by atomic mass is 9.93. The smallest absolute Gasteiger partial charge is 0.225 e. The Balaban J connectivity index is 1.69. The van der Waals surface area contributed by atoms with Gasteiger partial charge in [-0.2, -0.15) is 0 Å². The van der Waals surface area contributed by atoms with Crippen LogP contribution >= 0.6 is 0 Å². The molecule has 0 aromatic carbocycles. The second kappa shape index (κ2) is 6.47.